The van der Waals surface area contributed by atoms with Crippen molar-refractivity contribution in [3.8, 4) is 0 Å². The van der Waals surface area contributed by atoms with Gasteiger partial charge in [0.2, 0.25) is 11.9 Å². The Morgan fingerprint density at radius 3 is 2.23 bits per heavy atom. The van der Waals surface area contributed by atoms with Crippen LogP contribution in [0.1, 0.15) is 22.3 Å². The predicted octanol–water partition coefficient (Wildman–Crippen LogP) is 4.30. The highest BCUT2D eigenvalue weighted by Crippen LogP contribution is 2.21. The number of hydrogen-bond donors (Lipinski definition) is 1. The second-order valence-electron chi connectivity index (χ2n) is 5.25. The molecule has 0 aliphatic rings. The van der Waals surface area contributed by atoms with Crippen molar-refractivity contribution < 1.29 is 14.3 Å². The summed E-state index contributed by atoms with van der Waals surface area (Å²) in [4.78, 5) is 33.2. The van der Waals surface area contributed by atoms with Gasteiger partial charge in [0, 0.05) is 23.1 Å². The molecule has 0 bridgehead atoms. The van der Waals surface area contributed by atoms with Crippen molar-refractivity contribution >= 4 is 29.2 Å². The number of ether oxygens (including phenoxy) is 1. The van der Waals surface area contributed by atoms with Crippen LogP contribution in [0.4, 0.5) is 10.5 Å². The fraction of sp³-hybridized carbons (Fsp3) is 0.0526. The Labute approximate surface area is 154 Å². The van der Waals surface area contributed by atoms with E-state index in [0.29, 0.717) is 16.4 Å². The molecule has 1 N–H and O–H groups in total. The van der Waals surface area contributed by atoms with Gasteiger partial charge < -0.3 is 4.74 Å². The van der Waals surface area contributed by atoms with Gasteiger partial charge in [-0.05, 0) is 48.5 Å². The molecule has 0 saturated heterocycles. The monoisotopic (exact) mass is 367 g/mol. The molecule has 1 atom stereocenters. The summed E-state index contributed by atoms with van der Waals surface area (Å²) in [6.45, 7) is 0. The van der Waals surface area contributed by atoms with Crippen LogP contribution in [0.2, 0.25) is 5.02 Å². The van der Waals surface area contributed by atoms with Gasteiger partial charge in [-0.25, -0.2) is 4.79 Å². The Morgan fingerprint density at radius 1 is 0.923 bits per heavy atom. The second-order valence-corrected chi connectivity index (χ2v) is 5.69. The van der Waals surface area contributed by atoms with Crippen molar-refractivity contribution in [2.75, 3.05) is 5.32 Å². The summed E-state index contributed by atoms with van der Waals surface area (Å²) >= 11 is 5.82. The number of carbonyl (C=O) groups is 2. The SMILES string of the molecule is O=C(Nc1ccc(Cl)cc1)O[C@H](C(=O)c1ccccn1)c1ccccn1. The van der Waals surface area contributed by atoms with Crippen LogP contribution in [0.25, 0.3) is 0 Å². The van der Waals surface area contributed by atoms with Gasteiger partial charge in [-0.3, -0.25) is 20.1 Å². The highest BCUT2D eigenvalue weighted by molar-refractivity contribution is 6.30. The molecule has 0 radical (unpaired) electrons. The summed E-state index contributed by atoms with van der Waals surface area (Å²) in [7, 11) is 0. The normalized spacial score (nSPS) is 11.4. The van der Waals surface area contributed by atoms with Crippen molar-refractivity contribution in [3.05, 3.63) is 89.5 Å². The molecular weight excluding hydrogens is 354 g/mol. The van der Waals surface area contributed by atoms with Gasteiger partial charge in [0.15, 0.2) is 0 Å². The summed E-state index contributed by atoms with van der Waals surface area (Å²) in [6, 6.07) is 16.5. The van der Waals surface area contributed by atoms with Crippen LogP contribution in [0, 0.1) is 0 Å². The van der Waals surface area contributed by atoms with E-state index in [1.54, 1.807) is 60.7 Å². The van der Waals surface area contributed by atoms with Crippen LogP contribution in [0.15, 0.2) is 73.1 Å². The number of Topliss-reactive ketones (excluding diaryl/α,β-unsaturated/α-hetero) is 1. The largest absolute Gasteiger partial charge is 0.431 e. The third-order valence-electron chi connectivity index (χ3n) is 3.43. The molecule has 0 aliphatic heterocycles. The first-order valence-electron chi connectivity index (χ1n) is 7.73. The molecule has 0 fully saturated rings. The number of anilines is 1. The Bertz CT molecular complexity index is 887. The molecule has 130 valence electrons. The van der Waals surface area contributed by atoms with Crippen LogP contribution < -0.4 is 5.32 Å². The maximum Gasteiger partial charge on any atom is 0.412 e. The van der Waals surface area contributed by atoms with Gasteiger partial charge in [0.25, 0.3) is 0 Å². The number of rotatable bonds is 5. The maximum absolute atomic E-state index is 12.8. The minimum Gasteiger partial charge on any atom is -0.431 e. The van der Waals surface area contributed by atoms with Crippen LogP contribution in [0.5, 0.6) is 0 Å². The maximum atomic E-state index is 12.8. The fourth-order valence-electron chi connectivity index (χ4n) is 2.21. The van der Waals surface area contributed by atoms with Crippen LogP contribution >= 0.6 is 11.6 Å². The van der Waals surface area contributed by atoms with Crippen molar-refractivity contribution in [2.24, 2.45) is 0 Å². The highest BCUT2D eigenvalue weighted by atomic mass is 35.5. The van der Waals surface area contributed by atoms with Crippen LogP contribution in [0.3, 0.4) is 0 Å². The molecule has 3 aromatic rings. The number of amides is 1. The minimum atomic E-state index is -1.21. The molecular formula is C19H14ClN3O3. The van der Waals surface area contributed by atoms with E-state index in [1.165, 1.54) is 12.4 Å². The van der Waals surface area contributed by atoms with Gasteiger partial charge in [-0.2, -0.15) is 0 Å². The van der Waals surface area contributed by atoms with Gasteiger partial charge in [-0.15, -0.1) is 0 Å². The second kappa shape index (κ2) is 8.22. The van der Waals surface area contributed by atoms with Crippen molar-refractivity contribution in [1.29, 1.82) is 0 Å². The van der Waals surface area contributed by atoms with Crippen molar-refractivity contribution in [3.63, 3.8) is 0 Å². The van der Waals surface area contributed by atoms with E-state index in [9.17, 15) is 9.59 Å². The topological polar surface area (TPSA) is 81.2 Å². The van der Waals surface area contributed by atoms with E-state index >= 15 is 0 Å². The number of benzene rings is 1. The summed E-state index contributed by atoms with van der Waals surface area (Å²) in [5.41, 5.74) is 0.987. The standard InChI is InChI=1S/C19H14ClN3O3/c20-13-7-9-14(10-8-13)23-19(25)26-18(16-6-2-4-12-22-16)17(24)15-5-1-3-11-21-15/h1-12,18H,(H,23,25)/t18-/m0/s1. The molecule has 7 heteroatoms. The lowest BCUT2D eigenvalue weighted by atomic mass is 10.1. The lowest BCUT2D eigenvalue weighted by Crippen LogP contribution is -2.24. The van der Waals surface area contributed by atoms with Crippen molar-refractivity contribution in [1.82, 2.24) is 9.97 Å². The van der Waals surface area contributed by atoms with Gasteiger partial charge >= 0.3 is 6.09 Å². The number of nitrogens with zero attached hydrogens (tertiary/aromatic N) is 2. The number of hydrogen-bond acceptors (Lipinski definition) is 5. The van der Waals surface area contributed by atoms with Gasteiger partial charge in [0.1, 0.15) is 5.69 Å². The Kier molecular flexibility index (Phi) is 5.56. The molecule has 0 saturated carbocycles. The number of aromatic nitrogens is 2. The Balaban J connectivity index is 1.80. The molecule has 1 aromatic carbocycles. The lowest BCUT2D eigenvalue weighted by Gasteiger charge is -2.16. The summed E-state index contributed by atoms with van der Waals surface area (Å²) < 4.78 is 5.35. The van der Waals surface area contributed by atoms with E-state index < -0.39 is 18.0 Å². The number of halogens is 1. The zero-order valence-corrected chi connectivity index (χ0v) is 14.3. The molecule has 1 amide bonds. The van der Waals surface area contributed by atoms with Gasteiger partial charge in [-0.1, -0.05) is 23.7 Å². The zero-order chi connectivity index (χ0) is 18.4. The number of pyridine rings is 2. The molecule has 3 rings (SSSR count). The lowest BCUT2D eigenvalue weighted by molar-refractivity contribution is 0.0652. The Morgan fingerprint density at radius 2 is 1.62 bits per heavy atom. The third kappa shape index (κ3) is 4.43. The first kappa shape index (κ1) is 17.6. The van der Waals surface area contributed by atoms with E-state index in [4.69, 9.17) is 16.3 Å². The first-order chi connectivity index (χ1) is 12.6. The fourth-order valence-corrected chi connectivity index (χ4v) is 2.34. The quantitative estimate of drug-likeness (QED) is 0.680. The first-order valence-corrected chi connectivity index (χ1v) is 8.10. The van der Waals surface area contributed by atoms with Crippen LogP contribution in [-0.4, -0.2) is 21.8 Å². The molecule has 2 aromatic heterocycles. The number of ketones is 1. The van der Waals surface area contributed by atoms with E-state index in [0.717, 1.165) is 0 Å². The smallest absolute Gasteiger partial charge is 0.412 e. The number of carbonyl (C=O) groups excluding carboxylic acids is 2. The predicted molar refractivity (Wildman–Crippen MR) is 97.1 cm³/mol. The Hall–Kier alpha value is -3.25. The molecule has 6 nitrogen and oxygen atoms in total. The number of nitrogens with one attached hydrogen (secondary N) is 1. The molecule has 0 spiro atoms. The van der Waals surface area contributed by atoms with Crippen LogP contribution in [-0.2, 0) is 4.74 Å². The van der Waals surface area contributed by atoms with Gasteiger partial charge in [0.05, 0.1) is 5.69 Å². The van der Waals surface area contributed by atoms with E-state index in [-0.39, 0.29) is 5.69 Å². The summed E-state index contributed by atoms with van der Waals surface area (Å²) in [5, 5.41) is 3.10. The molecule has 0 aliphatic carbocycles. The zero-order valence-electron chi connectivity index (χ0n) is 13.5. The highest BCUT2D eigenvalue weighted by Gasteiger charge is 2.28. The average Bonchev–Trinajstić information content (AvgIpc) is 2.69. The van der Waals surface area contributed by atoms with E-state index in [2.05, 4.69) is 15.3 Å². The molecule has 26 heavy (non-hydrogen) atoms. The van der Waals surface area contributed by atoms with Crippen molar-refractivity contribution in [2.45, 2.75) is 6.10 Å². The summed E-state index contributed by atoms with van der Waals surface area (Å²) in [6.07, 6.45) is 1.02. The summed E-state index contributed by atoms with van der Waals surface area (Å²) in [5.74, 6) is -0.462. The third-order valence-corrected chi connectivity index (χ3v) is 3.68. The van der Waals surface area contributed by atoms with E-state index in [1.807, 2.05) is 0 Å². The average molecular weight is 368 g/mol. The molecule has 0 unspecified atom stereocenters. The molecule has 2 heterocycles. The minimum absolute atomic E-state index is 0.183.